The van der Waals surface area contributed by atoms with Gasteiger partial charge < -0.3 is 4.74 Å². The Kier molecular flexibility index (Phi) is 5.78. The Morgan fingerprint density at radius 3 is 2.69 bits per heavy atom. The molecule has 134 valence electrons. The third kappa shape index (κ3) is 4.92. The van der Waals surface area contributed by atoms with Gasteiger partial charge in [-0.3, -0.25) is 10.3 Å². The number of amides is 1. The van der Waals surface area contributed by atoms with Crippen LogP contribution in [-0.2, 0) is 4.74 Å². The monoisotopic (exact) mass is 428 g/mol. The highest BCUT2D eigenvalue weighted by atomic mass is 35.6. The molecule has 3 aromatic rings. The molecular formula is C18H12Cl4N2O2. The van der Waals surface area contributed by atoms with Gasteiger partial charge in [-0.1, -0.05) is 58.5 Å². The van der Waals surface area contributed by atoms with Crippen molar-refractivity contribution in [2.75, 3.05) is 11.9 Å². The molecule has 26 heavy (non-hydrogen) atoms. The number of carbonyl (C=O) groups excluding carboxylic acids is 1. The van der Waals surface area contributed by atoms with Crippen LogP contribution in [0.4, 0.5) is 10.5 Å². The molecule has 0 saturated carbocycles. The molecule has 2 aromatic carbocycles. The van der Waals surface area contributed by atoms with Crippen molar-refractivity contribution < 1.29 is 9.53 Å². The number of hydrogen-bond acceptors (Lipinski definition) is 3. The van der Waals surface area contributed by atoms with Crippen molar-refractivity contribution in [2.45, 2.75) is 3.79 Å². The molecule has 0 spiro atoms. The molecule has 8 heteroatoms. The summed E-state index contributed by atoms with van der Waals surface area (Å²) in [5, 5.41) is 4.15. The van der Waals surface area contributed by atoms with Gasteiger partial charge in [-0.05, 0) is 42.0 Å². The third-order valence-corrected chi connectivity index (χ3v) is 4.06. The minimum absolute atomic E-state index is 0.367. The number of pyridine rings is 1. The van der Waals surface area contributed by atoms with Gasteiger partial charge >= 0.3 is 6.09 Å². The quantitative estimate of drug-likeness (QED) is 0.485. The lowest BCUT2D eigenvalue weighted by atomic mass is 10.0. The molecule has 0 bridgehead atoms. The first-order valence-corrected chi connectivity index (χ1v) is 8.98. The predicted octanol–water partition coefficient (Wildman–Crippen LogP) is 6.47. The van der Waals surface area contributed by atoms with Crippen LogP contribution in [0.1, 0.15) is 0 Å². The van der Waals surface area contributed by atoms with Gasteiger partial charge in [-0.15, -0.1) is 0 Å². The van der Waals surface area contributed by atoms with E-state index in [0.717, 1.165) is 22.0 Å². The third-order valence-electron chi connectivity index (χ3n) is 3.50. The molecular weight excluding hydrogens is 418 g/mol. The van der Waals surface area contributed by atoms with Crippen molar-refractivity contribution in [3.05, 3.63) is 59.8 Å². The van der Waals surface area contributed by atoms with Gasteiger partial charge in [-0.2, -0.15) is 0 Å². The lowest BCUT2D eigenvalue weighted by Crippen LogP contribution is -2.21. The van der Waals surface area contributed by atoms with Crippen LogP contribution in [0.2, 0.25) is 5.02 Å². The van der Waals surface area contributed by atoms with Crippen LogP contribution in [0.3, 0.4) is 0 Å². The largest absolute Gasteiger partial charge is 0.445 e. The standard InChI is InChI=1S/C18H12Cl4N2O2/c19-13-4-6-16(24-17(25)26-10-18(20,21)22)14(9-13)11-3-5-15-12(8-11)2-1-7-23-15/h1-9H,10H2,(H,24,25). The van der Waals surface area contributed by atoms with Gasteiger partial charge in [0.25, 0.3) is 0 Å². The number of fused-ring (bicyclic) bond motifs is 1. The van der Waals surface area contributed by atoms with Crippen LogP contribution in [0.5, 0.6) is 0 Å². The van der Waals surface area contributed by atoms with Gasteiger partial charge in [0.1, 0.15) is 6.61 Å². The van der Waals surface area contributed by atoms with Crippen molar-refractivity contribution in [1.29, 1.82) is 0 Å². The molecule has 0 aliphatic carbocycles. The number of carbonyl (C=O) groups is 1. The molecule has 0 unspecified atom stereocenters. The van der Waals surface area contributed by atoms with E-state index in [4.69, 9.17) is 51.1 Å². The Hall–Kier alpha value is -1.72. The summed E-state index contributed by atoms with van der Waals surface area (Å²) in [5.74, 6) is 0. The number of rotatable bonds is 3. The molecule has 1 heterocycles. The predicted molar refractivity (Wildman–Crippen MR) is 107 cm³/mol. The van der Waals surface area contributed by atoms with E-state index in [2.05, 4.69) is 10.3 Å². The Morgan fingerprint density at radius 2 is 1.92 bits per heavy atom. The SMILES string of the molecule is O=C(Nc1ccc(Cl)cc1-c1ccc2ncccc2c1)OCC(Cl)(Cl)Cl. The average Bonchev–Trinajstić information content (AvgIpc) is 2.60. The Morgan fingerprint density at radius 1 is 1.12 bits per heavy atom. The summed E-state index contributed by atoms with van der Waals surface area (Å²) >= 11 is 22.9. The molecule has 1 N–H and O–H groups in total. The normalized spacial score (nSPS) is 11.4. The molecule has 0 saturated heterocycles. The van der Waals surface area contributed by atoms with Crippen LogP contribution in [0, 0.1) is 0 Å². The fourth-order valence-corrected chi connectivity index (χ4v) is 2.74. The van der Waals surface area contributed by atoms with E-state index < -0.39 is 9.89 Å². The van der Waals surface area contributed by atoms with E-state index >= 15 is 0 Å². The number of nitrogens with zero attached hydrogens (tertiary/aromatic N) is 1. The fourth-order valence-electron chi connectivity index (χ4n) is 2.40. The number of anilines is 1. The summed E-state index contributed by atoms with van der Waals surface area (Å²) in [5.41, 5.74) is 2.99. The number of hydrogen-bond donors (Lipinski definition) is 1. The smallest absolute Gasteiger partial charge is 0.411 e. The highest BCUT2D eigenvalue weighted by molar-refractivity contribution is 6.67. The minimum Gasteiger partial charge on any atom is -0.445 e. The zero-order chi connectivity index (χ0) is 18.7. The lowest BCUT2D eigenvalue weighted by molar-refractivity contribution is 0.164. The van der Waals surface area contributed by atoms with Gasteiger partial charge in [0.15, 0.2) is 0 Å². The summed E-state index contributed by atoms with van der Waals surface area (Å²) in [4.78, 5) is 16.3. The second-order valence-corrected chi connectivity index (χ2v) is 8.37. The van der Waals surface area contributed by atoms with Crippen LogP contribution in [0.25, 0.3) is 22.0 Å². The number of alkyl halides is 3. The van der Waals surface area contributed by atoms with Crippen LogP contribution >= 0.6 is 46.4 Å². The Bertz CT molecular complexity index is 957. The number of ether oxygens (including phenoxy) is 1. The zero-order valence-electron chi connectivity index (χ0n) is 13.2. The van der Waals surface area contributed by atoms with Crippen LogP contribution < -0.4 is 5.32 Å². The molecule has 0 radical (unpaired) electrons. The maximum Gasteiger partial charge on any atom is 0.411 e. The van der Waals surface area contributed by atoms with Crippen molar-refractivity contribution in [2.24, 2.45) is 0 Å². The molecule has 0 fully saturated rings. The molecule has 0 aliphatic heterocycles. The zero-order valence-corrected chi connectivity index (χ0v) is 16.2. The Balaban J connectivity index is 1.91. The van der Waals surface area contributed by atoms with Crippen molar-refractivity contribution >= 4 is 69.1 Å². The summed E-state index contributed by atoms with van der Waals surface area (Å²) in [6.07, 6.45) is 0.997. The molecule has 1 amide bonds. The fraction of sp³-hybridized carbons (Fsp3) is 0.111. The van der Waals surface area contributed by atoms with E-state index in [1.54, 1.807) is 24.4 Å². The summed E-state index contributed by atoms with van der Waals surface area (Å²) < 4.78 is 3.24. The van der Waals surface area contributed by atoms with Crippen molar-refractivity contribution in [3.8, 4) is 11.1 Å². The van der Waals surface area contributed by atoms with Gasteiger partial charge in [0.05, 0.1) is 11.2 Å². The van der Waals surface area contributed by atoms with E-state index in [0.29, 0.717) is 10.7 Å². The van der Waals surface area contributed by atoms with E-state index in [1.807, 2.05) is 30.3 Å². The molecule has 3 rings (SSSR count). The van der Waals surface area contributed by atoms with Gasteiger partial charge in [0, 0.05) is 22.2 Å². The lowest BCUT2D eigenvalue weighted by Gasteiger charge is -2.15. The molecule has 0 atom stereocenters. The first-order valence-electron chi connectivity index (χ1n) is 7.47. The van der Waals surface area contributed by atoms with Crippen LogP contribution in [0.15, 0.2) is 54.7 Å². The molecule has 1 aromatic heterocycles. The number of halogens is 4. The summed E-state index contributed by atoms with van der Waals surface area (Å²) in [6, 6.07) is 14.7. The van der Waals surface area contributed by atoms with Crippen molar-refractivity contribution in [1.82, 2.24) is 4.98 Å². The summed E-state index contributed by atoms with van der Waals surface area (Å²) in [6.45, 7) is -0.367. The van der Waals surface area contributed by atoms with E-state index in [-0.39, 0.29) is 6.61 Å². The van der Waals surface area contributed by atoms with E-state index in [1.165, 1.54) is 0 Å². The number of aromatic nitrogens is 1. The number of nitrogens with one attached hydrogen (secondary N) is 1. The second kappa shape index (κ2) is 7.89. The molecule has 0 aliphatic rings. The first kappa shape index (κ1) is 19.1. The maximum atomic E-state index is 12.0. The topological polar surface area (TPSA) is 51.2 Å². The minimum atomic E-state index is -1.68. The van der Waals surface area contributed by atoms with Crippen LogP contribution in [-0.4, -0.2) is 21.5 Å². The maximum absolute atomic E-state index is 12.0. The van der Waals surface area contributed by atoms with E-state index in [9.17, 15) is 4.79 Å². The second-order valence-electron chi connectivity index (χ2n) is 5.42. The first-order chi connectivity index (χ1) is 12.3. The highest BCUT2D eigenvalue weighted by Gasteiger charge is 2.22. The number of benzene rings is 2. The Labute approximate surface area is 170 Å². The van der Waals surface area contributed by atoms with Gasteiger partial charge in [0.2, 0.25) is 3.79 Å². The molecule has 4 nitrogen and oxygen atoms in total. The van der Waals surface area contributed by atoms with Crippen molar-refractivity contribution in [3.63, 3.8) is 0 Å². The summed E-state index contributed by atoms with van der Waals surface area (Å²) in [7, 11) is 0. The highest BCUT2D eigenvalue weighted by Crippen LogP contribution is 2.33. The average molecular weight is 430 g/mol. The van der Waals surface area contributed by atoms with Gasteiger partial charge in [-0.25, -0.2) is 4.79 Å².